The van der Waals surface area contributed by atoms with Crippen molar-refractivity contribution in [3.8, 4) is 0 Å². The molecule has 2 atom stereocenters. The molecule has 1 aliphatic heterocycles. The average Bonchev–Trinajstić information content (AvgIpc) is 2.35. The highest BCUT2D eigenvalue weighted by molar-refractivity contribution is 7.80. The van der Waals surface area contributed by atoms with Crippen LogP contribution in [0.1, 0.15) is 13.3 Å². The number of thiocarbonyl (C=S) groups is 1. The quantitative estimate of drug-likeness (QED) is 0.523. The molecule has 7 heteroatoms. The predicted molar refractivity (Wildman–Crippen MR) is 71.0 cm³/mol. The molecule has 0 aromatic heterocycles. The Bertz CT molecular complexity index is 348. The molecule has 0 bridgehead atoms. The van der Waals surface area contributed by atoms with Crippen LogP contribution in [0.25, 0.3) is 0 Å². The molecule has 1 aliphatic rings. The van der Waals surface area contributed by atoms with Gasteiger partial charge >= 0.3 is 11.8 Å². The molecule has 0 aliphatic carbocycles. The van der Waals surface area contributed by atoms with E-state index in [1.165, 1.54) is 4.90 Å². The summed E-state index contributed by atoms with van der Waals surface area (Å²) in [4.78, 5) is 25.1. The Morgan fingerprint density at radius 2 is 2.22 bits per heavy atom. The second-order valence-electron chi connectivity index (χ2n) is 4.44. The number of ether oxygens (including phenoxy) is 1. The number of hydrogen-bond acceptors (Lipinski definition) is 4. The smallest absolute Gasteiger partial charge is 0.311 e. The average molecular weight is 273 g/mol. The summed E-state index contributed by atoms with van der Waals surface area (Å²) >= 11 is 4.63. The first-order valence-electron chi connectivity index (χ1n) is 5.84. The molecule has 0 spiro atoms. The van der Waals surface area contributed by atoms with Crippen molar-refractivity contribution in [2.24, 2.45) is 11.7 Å². The van der Waals surface area contributed by atoms with E-state index in [1.807, 2.05) is 0 Å². The molecule has 1 fully saturated rings. The van der Waals surface area contributed by atoms with Crippen LogP contribution < -0.4 is 11.1 Å². The molecule has 0 saturated carbocycles. The Morgan fingerprint density at radius 1 is 1.56 bits per heavy atom. The minimum absolute atomic E-state index is 0.0221. The Balaban J connectivity index is 2.51. The number of carbonyl (C=O) groups is 2. The maximum absolute atomic E-state index is 11.9. The largest absolute Gasteiger partial charge is 0.392 e. The Kier molecular flexibility index (Phi) is 5.49. The van der Waals surface area contributed by atoms with Crippen LogP contribution in [0.4, 0.5) is 0 Å². The van der Waals surface area contributed by atoms with Crippen LogP contribution in [-0.4, -0.2) is 54.6 Å². The number of amides is 2. The molecule has 3 N–H and O–H groups in total. The van der Waals surface area contributed by atoms with Crippen molar-refractivity contribution in [1.29, 1.82) is 0 Å². The molecule has 1 rings (SSSR count). The first kappa shape index (κ1) is 14.8. The molecule has 6 nitrogen and oxygen atoms in total. The number of hydrogen-bond donors (Lipinski definition) is 2. The van der Waals surface area contributed by atoms with E-state index in [9.17, 15) is 9.59 Å². The maximum atomic E-state index is 11.9. The highest BCUT2D eigenvalue weighted by Crippen LogP contribution is 2.19. The van der Waals surface area contributed by atoms with Gasteiger partial charge in [0.25, 0.3) is 0 Å². The summed E-state index contributed by atoms with van der Waals surface area (Å²) in [6.07, 6.45) is 0.804. The minimum Gasteiger partial charge on any atom is -0.392 e. The summed E-state index contributed by atoms with van der Waals surface area (Å²) in [6.45, 7) is 3.12. The van der Waals surface area contributed by atoms with Crippen molar-refractivity contribution in [3.63, 3.8) is 0 Å². The van der Waals surface area contributed by atoms with E-state index < -0.39 is 11.8 Å². The van der Waals surface area contributed by atoms with Crippen LogP contribution in [0.3, 0.4) is 0 Å². The van der Waals surface area contributed by atoms with Crippen LogP contribution in [0, 0.1) is 5.92 Å². The van der Waals surface area contributed by atoms with Gasteiger partial charge in [0.1, 0.15) is 0 Å². The number of nitrogens with zero attached hydrogens (tertiary/aromatic N) is 1. The fourth-order valence-electron chi connectivity index (χ4n) is 1.91. The van der Waals surface area contributed by atoms with Gasteiger partial charge in [-0.2, -0.15) is 0 Å². The van der Waals surface area contributed by atoms with Gasteiger partial charge in [0.2, 0.25) is 0 Å². The summed E-state index contributed by atoms with van der Waals surface area (Å²) < 4.78 is 5.30. The fraction of sp³-hybridized carbons (Fsp3) is 0.727. The molecule has 0 aromatic carbocycles. The predicted octanol–water partition coefficient (Wildman–Crippen LogP) is -0.728. The van der Waals surface area contributed by atoms with E-state index in [0.717, 1.165) is 6.42 Å². The minimum atomic E-state index is -0.674. The molecule has 102 valence electrons. The van der Waals surface area contributed by atoms with Crippen molar-refractivity contribution < 1.29 is 14.3 Å². The summed E-state index contributed by atoms with van der Waals surface area (Å²) in [5.41, 5.74) is 5.25. The molecule has 0 aromatic rings. The van der Waals surface area contributed by atoms with Crippen molar-refractivity contribution in [2.45, 2.75) is 19.4 Å². The topological polar surface area (TPSA) is 84.7 Å². The van der Waals surface area contributed by atoms with E-state index in [0.29, 0.717) is 19.0 Å². The van der Waals surface area contributed by atoms with Gasteiger partial charge in [-0.3, -0.25) is 9.59 Å². The molecule has 18 heavy (non-hydrogen) atoms. The highest BCUT2D eigenvalue weighted by Gasteiger charge is 2.31. The monoisotopic (exact) mass is 273 g/mol. The van der Waals surface area contributed by atoms with E-state index in [1.54, 1.807) is 7.11 Å². The summed E-state index contributed by atoms with van der Waals surface area (Å²) in [6, 6.07) is 0. The van der Waals surface area contributed by atoms with Crippen molar-refractivity contribution in [3.05, 3.63) is 0 Å². The zero-order valence-electron chi connectivity index (χ0n) is 10.6. The molecule has 0 radical (unpaired) electrons. The fourth-order valence-corrected chi connectivity index (χ4v) is 1.98. The molecule has 2 unspecified atom stereocenters. The SMILES string of the molecule is COC1CN(C(=O)C(=O)NCC(N)=S)CCC1C. The lowest BCUT2D eigenvalue weighted by atomic mass is 9.96. The van der Waals surface area contributed by atoms with Crippen LogP contribution in [-0.2, 0) is 14.3 Å². The number of nitrogens with two attached hydrogens (primary N) is 1. The van der Waals surface area contributed by atoms with Gasteiger partial charge in [-0.05, 0) is 12.3 Å². The summed E-state index contributed by atoms with van der Waals surface area (Å²) in [5, 5.41) is 2.39. The number of likely N-dealkylation sites (tertiary alicyclic amines) is 1. The zero-order valence-corrected chi connectivity index (χ0v) is 11.5. The standard InChI is InChI=1S/C11H19N3O3S/c1-7-3-4-14(6-8(7)17-2)11(16)10(15)13-5-9(12)18/h7-8H,3-6H2,1-2H3,(H2,12,18)(H,13,15). The van der Waals surface area contributed by atoms with E-state index in [-0.39, 0.29) is 17.6 Å². The Hall–Kier alpha value is -1.21. The summed E-state index contributed by atoms with van der Waals surface area (Å²) in [7, 11) is 1.61. The highest BCUT2D eigenvalue weighted by atomic mass is 32.1. The second kappa shape index (κ2) is 6.65. The number of methoxy groups -OCH3 is 1. The van der Waals surface area contributed by atoms with Gasteiger partial charge < -0.3 is 20.7 Å². The van der Waals surface area contributed by atoms with E-state index in [4.69, 9.17) is 10.5 Å². The third-order valence-electron chi connectivity index (χ3n) is 3.10. The van der Waals surface area contributed by atoms with E-state index in [2.05, 4.69) is 24.5 Å². The first-order valence-corrected chi connectivity index (χ1v) is 6.24. The molecule has 1 heterocycles. The number of rotatable bonds is 3. The second-order valence-corrected chi connectivity index (χ2v) is 4.96. The first-order chi connectivity index (χ1) is 8.45. The third kappa shape index (κ3) is 3.92. The molecular weight excluding hydrogens is 254 g/mol. The normalized spacial score (nSPS) is 23.6. The van der Waals surface area contributed by atoms with Gasteiger partial charge in [0.05, 0.1) is 17.6 Å². The van der Waals surface area contributed by atoms with Crippen LogP contribution in [0.2, 0.25) is 0 Å². The van der Waals surface area contributed by atoms with Crippen LogP contribution in [0.5, 0.6) is 0 Å². The maximum Gasteiger partial charge on any atom is 0.311 e. The van der Waals surface area contributed by atoms with Crippen molar-refractivity contribution in [1.82, 2.24) is 10.2 Å². The van der Waals surface area contributed by atoms with Crippen molar-refractivity contribution >= 4 is 29.0 Å². The number of piperidine rings is 1. The lowest BCUT2D eigenvalue weighted by molar-refractivity contribution is -0.148. The van der Waals surface area contributed by atoms with Gasteiger partial charge in [0.15, 0.2) is 0 Å². The van der Waals surface area contributed by atoms with Crippen molar-refractivity contribution in [2.75, 3.05) is 26.7 Å². The van der Waals surface area contributed by atoms with Crippen LogP contribution in [0.15, 0.2) is 0 Å². The zero-order chi connectivity index (χ0) is 13.7. The van der Waals surface area contributed by atoms with Gasteiger partial charge in [-0.15, -0.1) is 0 Å². The van der Waals surface area contributed by atoms with E-state index >= 15 is 0 Å². The molecular formula is C11H19N3O3S. The molecule has 2 amide bonds. The lowest BCUT2D eigenvalue weighted by Crippen LogP contribution is -2.51. The summed E-state index contributed by atoms with van der Waals surface area (Å²) in [5.74, 6) is -0.842. The lowest BCUT2D eigenvalue weighted by Gasteiger charge is -2.35. The number of nitrogens with one attached hydrogen (secondary N) is 1. The van der Waals surface area contributed by atoms with Gasteiger partial charge in [-0.1, -0.05) is 19.1 Å². The van der Waals surface area contributed by atoms with Gasteiger partial charge in [0, 0.05) is 20.2 Å². The molecule has 1 saturated heterocycles. The van der Waals surface area contributed by atoms with Crippen LogP contribution >= 0.6 is 12.2 Å². The Morgan fingerprint density at radius 3 is 2.78 bits per heavy atom. The third-order valence-corrected chi connectivity index (χ3v) is 3.24. The van der Waals surface area contributed by atoms with Gasteiger partial charge in [-0.25, -0.2) is 0 Å². The Labute approximate surface area is 112 Å². The number of carbonyl (C=O) groups excluding carboxylic acids is 2.